The van der Waals surface area contributed by atoms with Crippen LogP contribution >= 0.6 is 11.3 Å². The van der Waals surface area contributed by atoms with E-state index in [9.17, 15) is 24.6 Å². The molecule has 1 aromatic heterocycles. The number of benzene rings is 1. The highest BCUT2D eigenvalue weighted by atomic mass is 32.1. The van der Waals surface area contributed by atoms with E-state index in [2.05, 4.69) is 20.3 Å². The molecule has 0 saturated heterocycles. The molecular formula is C32H48N6O6S. The summed E-state index contributed by atoms with van der Waals surface area (Å²) >= 11 is 1.14. The maximum Gasteiger partial charge on any atom is 0.306 e. The molecule has 0 aliphatic rings. The van der Waals surface area contributed by atoms with Crippen LogP contribution in [0.5, 0.6) is 0 Å². The van der Waals surface area contributed by atoms with E-state index in [1.165, 1.54) is 7.11 Å². The van der Waals surface area contributed by atoms with Gasteiger partial charge in [-0.15, -0.1) is 11.3 Å². The van der Waals surface area contributed by atoms with E-state index in [1.807, 2.05) is 65.0 Å². The standard InChI is InChI=1S/C32H48N6O6S/c1-8-20(4)28(36-37-33)31(41)38(14-15-44-7)26(19(2)3)17-27(39)30-35-25(18-45-30)29(40)34-24(16-21(5)32(42)43)22(6)23-12-10-9-11-13-23/h9-13,18-22,24,26-28,39H,8,14-17H2,1-7H3,(H,34,40)(H,42,43)/t20-,21+,22?,24-,26-,27-,28+/m1/s1. The normalized spacial score (nSPS) is 16.0. The second kappa shape index (κ2) is 18.5. The molecule has 7 atom stereocenters. The fourth-order valence-corrected chi connectivity index (χ4v) is 6.02. The summed E-state index contributed by atoms with van der Waals surface area (Å²) in [6.07, 6.45) is -0.0535. The number of carbonyl (C=O) groups excluding carboxylic acids is 2. The van der Waals surface area contributed by atoms with Gasteiger partial charge in [-0.25, -0.2) is 4.98 Å². The van der Waals surface area contributed by atoms with Gasteiger partial charge in [0.2, 0.25) is 5.91 Å². The maximum absolute atomic E-state index is 13.7. The molecular weight excluding hydrogens is 596 g/mol. The fraction of sp³-hybridized carbons (Fsp3) is 0.625. The van der Waals surface area contributed by atoms with Crippen molar-refractivity contribution in [1.29, 1.82) is 0 Å². The van der Waals surface area contributed by atoms with E-state index in [4.69, 9.17) is 10.3 Å². The Morgan fingerprint density at radius 3 is 2.36 bits per heavy atom. The van der Waals surface area contributed by atoms with Gasteiger partial charge in [-0.2, -0.15) is 0 Å². The third-order valence-electron chi connectivity index (χ3n) is 8.38. The summed E-state index contributed by atoms with van der Waals surface area (Å²) in [5, 5.41) is 29.5. The number of carbonyl (C=O) groups is 3. The Kier molecular flexibility index (Phi) is 15.5. The number of aromatic nitrogens is 1. The van der Waals surface area contributed by atoms with Crippen molar-refractivity contribution in [1.82, 2.24) is 15.2 Å². The van der Waals surface area contributed by atoms with Crippen LogP contribution in [0.2, 0.25) is 0 Å². The molecule has 0 bridgehead atoms. The summed E-state index contributed by atoms with van der Waals surface area (Å²) < 4.78 is 5.26. The summed E-state index contributed by atoms with van der Waals surface area (Å²) in [6, 6.07) is 7.78. The quantitative estimate of drug-likeness (QED) is 0.0982. The average molecular weight is 645 g/mol. The van der Waals surface area contributed by atoms with Crippen LogP contribution in [0.4, 0.5) is 0 Å². The number of aliphatic hydroxyl groups excluding tert-OH is 1. The Labute approximate surface area is 269 Å². The Balaban J connectivity index is 2.28. The second-order valence-electron chi connectivity index (χ2n) is 11.9. The number of aliphatic hydroxyl groups is 1. The molecule has 2 amide bonds. The third-order valence-corrected chi connectivity index (χ3v) is 9.33. The first-order valence-electron chi connectivity index (χ1n) is 15.4. The Morgan fingerprint density at radius 2 is 1.80 bits per heavy atom. The SMILES string of the molecule is CC[C@@H](C)[C@H](N=[N+]=[N-])C(=O)N(CCOC)[C@H](C[C@@H](O)c1nc(C(=O)N[C@H](C[C@H](C)C(=O)O)C(C)c2ccccc2)cs1)C(C)C. The van der Waals surface area contributed by atoms with Crippen LogP contribution in [-0.2, 0) is 14.3 Å². The van der Waals surface area contributed by atoms with Gasteiger partial charge in [0, 0.05) is 48.4 Å². The zero-order valence-electron chi connectivity index (χ0n) is 27.3. The van der Waals surface area contributed by atoms with Gasteiger partial charge in [0.05, 0.1) is 12.5 Å². The van der Waals surface area contributed by atoms with Crippen LogP contribution in [0.1, 0.15) is 93.9 Å². The number of amides is 2. The predicted octanol–water partition coefficient (Wildman–Crippen LogP) is 5.80. The van der Waals surface area contributed by atoms with Gasteiger partial charge in [0.15, 0.2) is 0 Å². The van der Waals surface area contributed by atoms with E-state index in [0.29, 0.717) is 11.4 Å². The molecule has 1 heterocycles. The lowest BCUT2D eigenvalue weighted by Crippen LogP contribution is -2.50. The molecule has 45 heavy (non-hydrogen) atoms. The summed E-state index contributed by atoms with van der Waals surface area (Å²) in [7, 11) is 1.54. The van der Waals surface area contributed by atoms with Crippen LogP contribution in [0, 0.1) is 17.8 Å². The molecule has 0 aliphatic carbocycles. The largest absolute Gasteiger partial charge is 0.481 e. The van der Waals surface area contributed by atoms with Crippen molar-refractivity contribution in [3.8, 4) is 0 Å². The Hall–Kier alpha value is -3.51. The molecule has 248 valence electrons. The number of azide groups is 1. The number of carboxylic acids is 1. The molecule has 0 spiro atoms. The van der Waals surface area contributed by atoms with Crippen molar-refractivity contribution in [3.63, 3.8) is 0 Å². The first kappa shape index (κ1) is 37.7. The van der Waals surface area contributed by atoms with Gasteiger partial charge in [0.25, 0.3) is 5.91 Å². The van der Waals surface area contributed by atoms with Crippen molar-refractivity contribution in [3.05, 3.63) is 62.4 Å². The van der Waals surface area contributed by atoms with Crippen molar-refractivity contribution < 1.29 is 29.3 Å². The van der Waals surface area contributed by atoms with Gasteiger partial charge >= 0.3 is 5.97 Å². The third kappa shape index (κ3) is 10.8. The number of nitrogens with zero attached hydrogens (tertiary/aromatic N) is 5. The molecule has 0 fully saturated rings. The molecule has 0 aliphatic heterocycles. The minimum atomic E-state index is -1.07. The number of aliphatic carboxylic acids is 1. The lowest BCUT2D eigenvalue weighted by molar-refractivity contribution is -0.141. The topological polar surface area (TPSA) is 178 Å². The van der Waals surface area contributed by atoms with Crippen LogP contribution < -0.4 is 5.32 Å². The number of hydrogen-bond acceptors (Lipinski definition) is 8. The highest BCUT2D eigenvalue weighted by Gasteiger charge is 2.35. The van der Waals surface area contributed by atoms with Crippen molar-refractivity contribution >= 4 is 29.1 Å². The molecule has 13 heteroatoms. The van der Waals surface area contributed by atoms with E-state index in [-0.39, 0.29) is 55.3 Å². The number of hydrogen-bond donors (Lipinski definition) is 3. The number of thiazole rings is 1. The molecule has 2 aromatic rings. The number of rotatable bonds is 19. The van der Waals surface area contributed by atoms with Crippen LogP contribution in [0.15, 0.2) is 40.8 Å². The lowest BCUT2D eigenvalue weighted by atomic mass is 9.87. The summed E-state index contributed by atoms with van der Waals surface area (Å²) in [5.41, 5.74) is 10.2. The number of nitrogens with one attached hydrogen (secondary N) is 1. The summed E-state index contributed by atoms with van der Waals surface area (Å²) in [4.78, 5) is 47.7. The van der Waals surface area contributed by atoms with E-state index in [0.717, 1.165) is 16.9 Å². The van der Waals surface area contributed by atoms with E-state index < -0.39 is 42.0 Å². The Bertz CT molecular complexity index is 1280. The summed E-state index contributed by atoms with van der Waals surface area (Å²) in [6.45, 7) is 11.8. The maximum atomic E-state index is 13.7. The van der Waals surface area contributed by atoms with E-state index >= 15 is 0 Å². The van der Waals surface area contributed by atoms with Crippen molar-refractivity contribution in [2.45, 2.75) is 91.0 Å². The minimum Gasteiger partial charge on any atom is -0.481 e. The molecule has 1 unspecified atom stereocenters. The van der Waals surface area contributed by atoms with Gasteiger partial charge in [-0.3, -0.25) is 14.4 Å². The monoisotopic (exact) mass is 644 g/mol. The smallest absolute Gasteiger partial charge is 0.306 e. The molecule has 0 saturated carbocycles. The predicted molar refractivity (Wildman–Crippen MR) is 174 cm³/mol. The van der Waals surface area contributed by atoms with Crippen molar-refractivity contribution in [2.75, 3.05) is 20.3 Å². The number of methoxy groups -OCH3 is 1. The molecule has 1 aromatic carbocycles. The van der Waals surface area contributed by atoms with Gasteiger partial charge in [-0.05, 0) is 29.4 Å². The van der Waals surface area contributed by atoms with Gasteiger partial charge in [0.1, 0.15) is 22.8 Å². The Morgan fingerprint density at radius 1 is 1.13 bits per heavy atom. The first-order chi connectivity index (χ1) is 21.4. The van der Waals surface area contributed by atoms with E-state index in [1.54, 1.807) is 17.2 Å². The first-order valence-corrected chi connectivity index (χ1v) is 16.3. The van der Waals surface area contributed by atoms with Crippen LogP contribution in [0.3, 0.4) is 0 Å². The van der Waals surface area contributed by atoms with Gasteiger partial charge in [-0.1, -0.05) is 83.4 Å². The number of ether oxygens (including phenoxy) is 1. The van der Waals surface area contributed by atoms with Crippen LogP contribution in [-0.4, -0.2) is 76.3 Å². The van der Waals surface area contributed by atoms with Crippen LogP contribution in [0.25, 0.3) is 10.4 Å². The molecule has 0 radical (unpaired) electrons. The average Bonchev–Trinajstić information content (AvgIpc) is 3.53. The van der Waals surface area contributed by atoms with Crippen molar-refractivity contribution in [2.24, 2.45) is 22.9 Å². The van der Waals surface area contributed by atoms with Gasteiger partial charge < -0.3 is 25.2 Å². The second-order valence-corrected chi connectivity index (χ2v) is 12.8. The lowest BCUT2D eigenvalue weighted by Gasteiger charge is -2.37. The minimum absolute atomic E-state index is 0.0664. The summed E-state index contributed by atoms with van der Waals surface area (Å²) in [5.74, 6) is -2.80. The molecule has 3 N–H and O–H groups in total. The highest BCUT2D eigenvalue weighted by Crippen LogP contribution is 2.30. The number of carboxylic acid groups (broad SMARTS) is 1. The molecule has 12 nitrogen and oxygen atoms in total. The zero-order valence-corrected chi connectivity index (χ0v) is 28.1. The fourth-order valence-electron chi connectivity index (χ4n) is 5.22. The molecule has 2 rings (SSSR count). The zero-order chi connectivity index (χ0) is 33.7. The highest BCUT2D eigenvalue weighted by molar-refractivity contribution is 7.09.